The second-order valence-electron chi connectivity index (χ2n) is 0. The van der Waals surface area contributed by atoms with Crippen LogP contribution in [-0.4, -0.2) is 59.8 Å². The Balaban J connectivity index is 0. The molecule has 0 rings (SSSR count). The van der Waals surface area contributed by atoms with E-state index >= 15 is 0 Å². The van der Waals surface area contributed by atoms with E-state index in [0.717, 1.165) is 0 Å². The fourth-order valence-corrected chi connectivity index (χ4v) is 0. The maximum atomic E-state index is 0. The fraction of sp³-hybridized carbons (Fsp3) is 0. The van der Waals surface area contributed by atoms with Crippen LogP contribution < -0.4 is 0 Å². The van der Waals surface area contributed by atoms with Crippen molar-refractivity contribution in [3.63, 3.8) is 0 Å². The molecular weight excluding hydrogens is 272 g/mol. The number of hydrogen-bond donors (Lipinski definition) is 0. The van der Waals surface area contributed by atoms with Gasteiger partial charge in [0.1, 0.15) is 0 Å². The molecule has 4 heteroatoms. The molecule has 0 amide bonds. The summed E-state index contributed by atoms with van der Waals surface area (Å²) in [6.07, 6.45) is 0. The van der Waals surface area contributed by atoms with Crippen LogP contribution in [0, 0.1) is 0 Å². The van der Waals surface area contributed by atoms with Crippen molar-refractivity contribution in [3.8, 4) is 0 Å². The van der Waals surface area contributed by atoms with E-state index in [1.165, 1.54) is 0 Å². The maximum absolute atomic E-state index is 0. The summed E-state index contributed by atoms with van der Waals surface area (Å²) >= 11 is 0. The molecule has 0 aliphatic rings. The van der Waals surface area contributed by atoms with Crippen LogP contribution in [0.15, 0.2) is 0 Å². The summed E-state index contributed by atoms with van der Waals surface area (Å²) in [6.45, 7) is 0. The number of rotatable bonds is 0. The summed E-state index contributed by atoms with van der Waals surface area (Å²) in [5, 5.41) is 0. The summed E-state index contributed by atoms with van der Waals surface area (Å²) in [5.74, 6) is 0. The van der Waals surface area contributed by atoms with E-state index in [-0.39, 0.29) is 98.3 Å². The monoisotopic (exact) mass is 279 g/mol. The van der Waals surface area contributed by atoms with Gasteiger partial charge in [0.2, 0.25) is 0 Å². The van der Waals surface area contributed by atoms with E-state index in [1.54, 1.807) is 0 Å². The molecule has 0 heterocycles. The summed E-state index contributed by atoms with van der Waals surface area (Å²) in [6, 6.07) is 0. The zero-order chi connectivity index (χ0) is 0. The third-order valence-electron chi connectivity index (χ3n) is 0. The molecule has 1 radical (unpaired) electrons. The van der Waals surface area contributed by atoms with E-state index in [2.05, 4.69) is 0 Å². The molecule has 0 nitrogen and oxygen atoms in total. The molecule has 0 fully saturated rings. The molecule has 0 saturated carbocycles. The predicted molar refractivity (Wildman–Crippen MR) is 19.3 cm³/mol. The van der Waals surface area contributed by atoms with Gasteiger partial charge >= 0.3 is 48.9 Å². The van der Waals surface area contributed by atoms with E-state index in [1.807, 2.05) is 0 Å². The first-order valence-corrected chi connectivity index (χ1v) is 0. The molecule has 0 saturated heterocycles. The van der Waals surface area contributed by atoms with Crippen molar-refractivity contribution >= 4 is 59.8 Å². The topological polar surface area (TPSA) is 0 Å². The van der Waals surface area contributed by atoms with Gasteiger partial charge in [0.25, 0.3) is 0 Å². The zero-order valence-corrected chi connectivity index (χ0v) is 8.45. The Morgan fingerprint density at radius 1 is 1.25 bits per heavy atom. The van der Waals surface area contributed by atoms with Crippen LogP contribution in [0.4, 0.5) is 0 Å². The van der Waals surface area contributed by atoms with Crippen LogP contribution in [0.25, 0.3) is 0 Å². The average molecular weight is 278 g/mol. The Morgan fingerprint density at radius 2 is 1.25 bits per heavy atom. The standard InChI is InChI=1S/Ba.Fe.H4Si.V.2H/h;;1H4;;;/q+2;;;;2*-1. The van der Waals surface area contributed by atoms with Crippen molar-refractivity contribution in [1.29, 1.82) is 0 Å². The fourth-order valence-electron chi connectivity index (χ4n) is 0. The first kappa shape index (κ1) is 28.6. The van der Waals surface area contributed by atoms with E-state index < -0.39 is 0 Å². The van der Waals surface area contributed by atoms with Crippen molar-refractivity contribution < 1.29 is 38.5 Å². The molecule has 0 aromatic rings. The maximum Gasteiger partial charge on any atom is 2.00 e. The van der Waals surface area contributed by atoms with Crippen molar-refractivity contribution in [1.82, 2.24) is 0 Å². The van der Waals surface area contributed by atoms with Crippen LogP contribution in [-0.2, 0) is 35.6 Å². The van der Waals surface area contributed by atoms with E-state index in [9.17, 15) is 0 Å². The van der Waals surface area contributed by atoms with Gasteiger partial charge in [-0.2, -0.15) is 0 Å². The van der Waals surface area contributed by atoms with Crippen LogP contribution in [0.1, 0.15) is 2.85 Å². The van der Waals surface area contributed by atoms with Crippen LogP contribution in [0.5, 0.6) is 0 Å². The number of hydrogen-bond acceptors (Lipinski definition) is 0. The molecule has 0 aromatic carbocycles. The first-order chi connectivity index (χ1) is 0. The SMILES string of the molecule is [Ba+2].[Fe].[H-].[H-].[SiH4].[V]. The molecule has 0 spiro atoms. The van der Waals surface area contributed by atoms with Gasteiger partial charge in [0.05, 0.1) is 0 Å². The van der Waals surface area contributed by atoms with Crippen LogP contribution in [0.3, 0.4) is 0 Å². The van der Waals surface area contributed by atoms with Gasteiger partial charge in [0, 0.05) is 35.6 Å². The molecular formula is H6BaFeSiV. The smallest absolute Gasteiger partial charge is 1.00 e. The Hall–Kier alpha value is 2.89. The molecule has 0 N–H and O–H groups in total. The Morgan fingerprint density at radius 3 is 1.25 bits per heavy atom. The van der Waals surface area contributed by atoms with Gasteiger partial charge in [-0.3, -0.25) is 0 Å². The van der Waals surface area contributed by atoms with Gasteiger partial charge in [0.15, 0.2) is 0 Å². The molecule has 0 unspecified atom stereocenters. The first-order valence-electron chi connectivity index (χ1n) is 0. The van der Waals surface area contributed by atoms with Crippen LogP contribution >= 0.6 is 0 Å². The molecule has 25 valence electrons. The van der Waals surface area contributed by atoms with Crippen molar-refractivity contribution in [3.05, 3.63) is 0 Å². The molecule has 0 aliphatic carbocycles. The molecule has 4 heavy (non-hydrogen) atoms. The largest absolute Gasteiger partial charge is 2.00 e. The summed E-state index contributed by atoms with van der Waals surface area (Å²) in [5.41, 5.74) is 0. The van der Waals surface area contributed by atoms with Gasteiger partial charge in [-0.1, -0.05) is 0 Å². The second kappa shape index (κ2) is 16.9. The summed E-state index contributed by atoms with van der Waals surface area (Å²) in [4.78, 5) is 0. The van der Waals surface area contributed by atoms with E-state index in [0.29, 0.717) is 0 Å². The third kappa shape index (κ3) is 8.86. The average Bonchev–Trinajstić information content (AvgIpc) is 0. The van der Waals surface area contributed by atoms with Gasteiger partial charge in [-0.05, 0) is 11.0 Å². The Kier molecular flexibility index (Phi) is 121. The molecule has 0 bridgehead atoms. The molecule has 0 atom stereocenters. The van der Waals surface area contributed by atoms with E-state index in [4.69, 9.17) is 0 Å². The van der Waals surface area contributed by atoms with Gasteiger partial charge in [-0.15, -0.1) is 0 Å². The van der Waals surface area contributed by atoms with Gasteiger partial charge in [-0.25, -0.2) is 0 Å². The predicted octanol–water partition coefficient (Wildman–Crippen LogP) is -1.61. The minimum absolute atomic E-state index is 0. The molecule has 0 aliphatic heterocycles. The normalized spacial score (nSPS) is 0. The van der Waals surface area contributed by atoms with Crippen molar-refractivity contribution in [2.24, 2.45) is 0 Å². The minimum Gasteiger partial charge on any atom is -1.00 e. The summed E-state index contributed by atoms with van der Waals surface area (Å²) in [7, 11) is 0. The van der Waals surface area contributed by atoms with Crippen molar-refractivity contribution in [2.45, 2.75) is 0 Å². The Bertz CT molecular complexity index is 13.5. The quantitative estimate of drug-likeness (QED) is 0.468. The second-order valence-corrected chi connectivity index (χ2v) is 0. The van der Waals surface area contributed by atoms with Crippen LogP contribution in [0.2, 0.25) is 0 Å². The molecule has 0 aromatic heterocycles. The summed E-state index contributed by atoms with van der Waals surface area (Å²) < 4.78 is 0. The minimum atomic E-state index is 0. The third-order valence-corrected chi connectivity index (χ3v) is 0. The van der Waals surface area contributed by atoms with Gasteiger partial charge < -0.3 is 2.85 Å². The van der Waals surface area contributed by atoms with Crippen molar-refractivity contribution in [2.75, 3.05) is 0 Å². The zero-order valence-electron chi connectivity index (χ0n) is 3.51. The Labute approximate surface area is 96.3 Å².